The van der Waals surface area contributed by atoms with E-state index in [-0.39, 0.29) is 5.41 Å². The molecule has 0 aromatic heterocycles. The Balaban J connectivity index is 1.88. The van der Waals surface area contributed by atoms with Gasteiger partial charge in [-0.25, -0.2) is 0 Å². The number of nitrogens with zero attached hydrogens (tertiary/aromatic N) is 1. The lowest BCUT2D eigenvalue weighted by atomic mass is 9.85. The van der Waals surface area contributed by atoms with Gasteiger partial charge in [0.05, 0.1) is 0 Å². The zero-order valence-corrected chi connectivity index (χ0v) is 13.6. The van der Waals surface area contributed by atoms with E-state index < -0.39 is 0 Å². The summed E-state index contributed by atoms with van der Waals surface area (Å²) in [5.74, 6) is 0.827. The molecule has 0 saturated carbocycles. The SMILES string of the molecule is CN=C(NCc1ccccc1)NCC(C)(C)c1ccccc1. The summed E-state index contributed by atoms with van der Waals surface area (Å²) < 4.78 is 0. The smallest absolute Gasteiger partial charge is 0.191 e. The van der Waals surface area contributed by atoms with Gasteiger partial charge in [0, 0.05) is 25.6 Å². The normalized spacial score (nSPS) is 12.0. The van der Waals surface area contributed by atoms with E-state index in [1.807, 2.05) is 24.3 Å². The van der Waals surface area contributed by atoms with Gasteiger partial charge >= 0.3 is 0 Å². The highest BCUT2D eigenvalue weighted by atomic mass is 15.2. The van der Waals surface area contributed by atoms with Crippen LogP contribution in [-0.4, -0.2) is 19.6 Å². The van der Waals surface area contributed by atoms with Crippen LogP contribution in [-0.2, 0) is 12.0 Å². The minimum absolute atomic E-state index is 0.0472. The van der Waals surface area contributed by atoms with Crippen molar-refractivity contribution in [1.29, 1.82) is 0 Å². The minimum atomic E-state index is 0.0472. The first-order valence-corrected chi connectivity index (χ1v) is 7.66. The molecule has 2 aromatic carbocycles. The van der Waals surface area contributed by atoms with Crippen molar-refractivity contribution in [2.75, 3.05) is 13.6 Å². The number of rotatable bonds is 5. The van der Waals surface area contributed by atoms with Gasteiger partial charge in [-0.2, -0.15) is 0 Å². The molecule has 0 aliphatic carbocycles. The molecule has 0 aliphatic rings. The second kappa shape index (κ2) is 7.64. The van der Waals surface area contributed by atoms with Crippen molar-refractivity contribution in [2.24, 2.45) is 4.99 Å². The number of aliphatic imine (C=N–C) groups is 1. The Morgan fingerprint density at radius 2 is 1.50 bits per heavy atom. The van der Waals surface area contributed by atoms with E-state index in [2.05, 4.69) is 65.9 Å². The topological polar surface area (TPSA) is 36.4 Å². The Morgan fingerprint density at radius 3 is 2.09 bits per heavy atom. The lowest BCUT2D eigenvalue weighted by Gasteiger charge is -2.26. The molecular weight excluding hydrogens is 270 g/mol. The second-order valence-corrected chi connectivity index (χ2v) is 6.01. The van der Waals surface area contributed by atoms with Crippen LogP contribution in [0.2, 0.25) is 0 Å². The van der Waals surface area contributed by atoms with Crippen LogP contribution in [0, 0.1) is 0 Å². The van der Waals surface area contributed by atoms with Gasteiger partial charge < -0.3 is 10.6 Å². The van der Waals surface area contributed by atoms with Crippen LogP contribution in [0.5, 0.6) is 0 Å². The molecule has 0 spiro atoms. The van der Waals surface area contributed by atoms with Gasteiger partial charge in [0.1, 0.15) is 0 Å². The molecular formula is C19H25N3. The van der Waals surface area contributed by atoms with E-state index in [1.165, 1.54) is 11.1 Å². The zero-order chi connectivity index (χ0) is 15.8. The third kappa shape index (κ3) is 4.62. The van der Waals surface area contributed by atoms with Crippen LogP contribution < -0.4 is 10.6 Å². The van der Waals surface area contributed by atoms with Gasteiger partial charge in [-0.1, -0.05) is 74.5 Å². The maximum absolute atomic E-state index is 4.29. The van der Waals surface area contributed by atoms with Crippen molar-refractivity contribution in [3.63, 3.8) is 0 Å². The summed E-state index contributed by atoms with van der Waals surface area (Å²) in [5.41, 5.74) is 2.61. The van der Waals surface area contributed by atoms with E-state index in [4.69, 9.17) is 0 Å². The Kier molecular flexibility index (Phi) is 5.59. The van der Waals surface area contributed by atoms with Crippen LogP contribution in [0.1, 0.15) is 25.0 Å². The molecule has 0 atom stereocenters. The molecule has 3 heteroatoms. The first kappa shape index (κ1) is 16.1. The average Bonchev–Trinajstić information content (AvgIpc) is 2.57. The molecule has 0 radical (unpaired) electrons. The highest BCUT2D eigenvalue weighted by molar-refractivity contribution is 5.79. The van der Waals surface area contributed by atoms with Crippen LogP contribution in [0.3, 0.4) is 0 Å². The van der Waals surface area contributed by atoms with Crippen LogP contribution in [0.25, 0.3) is 0 Å². The Morgan fingerprint density at radius 1 is 0.909 bits per heavy atom. The Hall–Kier alpha value is -2.29. The fourth-order valence-electron chi connectivity index (χ4n) is 2.30. The summed E-state index contributed by atoms with van der Waals surface area (Å²) in [4.78, 5) is 4.29. The first-order chi connectivity index (χ1) is 10.6. The summed E-state index contributed by atoms with van der Waals surface area (Å²) in [6.45, 7) is 6.07. The largest absolute Gasteiger partial charge is 0.356 e. The van der Waals surface area contributed by atoms with E-state index >= 15 is 0 Å². The lowest BCUT2D eigenvalue weighted by molar-refractivity contribution is 0.508. The Bertz CT molecular complexity index is 589. The predicted molar refractivity (Wildman–Crippen MR) is 94.1 cm³/mol. The van der Waals surface area contributed by atoms with Crippen LogP contribution >= 0.6 is 0 Å². The summed E-state index contributed by atoms with van der Waals surface area (Å²) in [7, 11) is 1.80. The van der Waals surface area contributed by atoms with Gasteiger partial charge in [-0.3, -0.25) is 4.99 Å². The minimum Gasteiger partial charge on any atom is -0.356 e. The molecule has 0 fully saturated rings. The van der Waals surface area contributed by atoms with Gasteiger partial charge in [0.15, 0.2) is 5.96 Å². The van der Waals surface area contributed by atoms with Crippen molar-refractivity contribution in [1.82, 2.24) is 10.6 Å². The second-order valence-electron chi connectivity index (χ2n) is 6.01. The summed E-state index contributed by atoms with van der Waals surface area (Å²) in [6.07, 6.45) is 0. The maximum Gasteiger partial charge on any atom is 0.191 e. The highest BCUT2D eigenvalue weighted by Crippen LogP contribution is 2.21. The summed E-state index contributed by atoms with van der Waals surface area (Å²) >= 11 is 0. The molecule has 2 aromatic rings. The van der Waals surface area contributed by atoms with Crippen molar-refractivity contribution < 1.29 is 0 Å². The molecule has 0 amide bonds. The van der Waals surface area contributed by atoms with Gasteiger partial charge in [0.25, 0.3) is 0 Å². The highest BCUT2D eigenvalue weighted by Gasteiger charge is 2.20. The number of hydrogen-bond donors (Lipinski definition) is 2. The van der Waals surface area contributed by atoms with Crippen molar-refractivity contribution in [2.45, 2.75) is 25.8 Å². The summed E-state index contributed by atoms with van der Waals surface area (Å²) in [5, 5.41) is 6.77. The molecule has 0 bridgehead atoms. The molecule has 2 N–H and O–H groups in total. The lowest BCUT2D eigenvalue weighted by Crippen LogP contribution is -2.43. The van der Waals surface area contributed by atoms with Crippen molar-refractivity contribution in [3.05, 3.63) is 71.8 Å². The monoisotopic (exact) mass is 295 g/mol. The van der Waals surface area contributed by atoms with Crippen LogP contribution in [0.4, 0.5) is 0 Å². The fourth-order valence-corrected chi connectivity index (χ4v) is 2.30. The van der Waals surface area contributed by atoms with E-state index in [1.54, 1.807) is 7.05 Å². The standard InChI is InChI=1S/C19H25N3/c1-19(2,17-12-8-5-9-13-17)15-22-18(20-3)21-14-16-10-6-4-7-11-16/h4-13H,14-15H2,1-3H3,(H2,20,21,22). The van der Waals surface area contributed by atoms with E-state index in [0.717, 1.165) is 19.0 Å². The third-order valence-electron chi connectivity index (χ3n) is 3.78. The molecule has 116 valence electrons. The maximum atomic E-state index is 4.29. The van der Waals surface area contributed by atoms with Gasteiger partial charge in [-0.05, 0) is 11.1 Å². The number of benzene rings is 2. The molecule has 0 heterocycles. The first-order valence-electron chi connectivity index (χ1n) is 7.66. The quantitative estimate of drug-likeness (QED) is 0.656. The number of nitrogens with one attached hydrogen (secondary N) is 2. The van der Waals surface area contributed by atoms with E-state index in [9.17, 15) is 0 Å². The molecule has 22 heavy (non-hydrogen) atoms. The molecule has 2 rings (SSSR count). The third-order valence-corrected chi connectivity index (χ3v) is 3.78. The molecule has 0 aliphatic heterocycles. The fraction of sp³-hybridized carbons (Fsp3) is 0.316. The number of hydrogen-bond acceptors (Lipinski definition) is 1. The van der Waals surface area contributed by atoms with Crippen molar-refractivity contribution >= 4 is 5.96 Å². The summed E-state index contributed by atoms with van der Waals surface area (Å²) in [6, 6.07) is 20.9. The van der Waals surface area contributed by atoms with Gasteiger partial charge in [-0.15, -0.1) is 0 Å². The van der Waals surface area contributed by atoms with E-state index in [0.29, 0.717) is 0 Å². The van der Waals surface area contributed by atoms with Crippen molar-refractivity contribution in [3.8, 4) is 0 Å². The average molecular weight is 295 g/mol. The molecule has 0 unspecified atom stereocenters. The zero-order valence-electron chi connectivity index (χ0n) is 13.6. The number of guanidine groups is 1. The van der Waals surface area contributed by atoms with Gasteiger partial charge in [0.2, 0.25) is 0 Å². The predicted octanol–water partition coefficient (Wildman–Crippen LogP) is 3.33. The molecule has 3 nitrogen and oxygen atoms in total. The molecule has 0 saturated heterocycles. The Labute approximate surface area is 133 Å². The van der Waals surface area contributed by atoms with Crippen LogP contribution in [0.15, 0.2) is 65.7 Å².